The summed E-state index contributed by atoms with van der Waals surface area (Å²) < 4.78 is 11.3. The van der Waals surface area contributed by atoms with E-state index in [4.69, 9.17) is 19.4 Å². The molecule has 296 valence electrons. The Labute approximate surface area is 362 Å². The number of hydrogen-bond donors (Lipinski definition) is 0. The Kier molecular flexibility index (Phi) is 7.93. The number of para-hydroxylation sites is 3. The third-order valence-corrected chi connectivity index (χ3v) is 12.7. The van der Waals surface area contributed by atoms with Gasteiger partial charge in [-0.05, 0) is 78.7 Å². The quantitative estimate of drug-likeness (QED) is 0.168. The van der Waals surface area contributed by atoms with Gasteiger partial charge in [-0.25, -0.2) is 15.0 Å². The van der Waals surface area contributed by atoms with Crippen LogP contribution < -0.4 is 0 Å². The van der Waals surface area contributed by atoms with Crippen molar-refractivity contribution < 1.29 is 4.42 Å². The first-order valence-electron chi connectivity index (χ1n) is 21.5. The van der Waals surface area contributed by atoms with E-state index in [9.17, 15) is 0 Å². The highest BCUT2D eigenvalue weighted by Crippen LogP contribution is 2.41. The fraction of sp³-hybridized carbons (Fsp3) is 0.0351. The van der Waals surface area contributed by atoms with E-state index in [0.717, 1.165) is 67.5 Å². The number of aromatic nitrogens is 5. The lowest BCUT2D eigenvalue weighted by Crippen LogP contribution is -2.01. The molecule has 0 bridgehead atoms. The van der Waals surface area contributed by atoms with Gasteiger partial charge in [-0.3, -0.25) is 0 Å². The zero-order chi connectivity index (χ0) is 41.4. The van der Waals surface area contributed by atoms with Crippen molar-refractivity contribution in [3.63, 3.8) is 0 Å². The first-order valence-corrected chi connectivity index (χ1v) is 21.5. The van der Waals surface area contributed by atoms with Gasteiger partial charge in [0.1, 0.15) is 11.2 Å². The summed E-state index contributed by atoms with van der Waals surface area (Å²) in [5, 5.41) is 7.06. The fourth-order valence-corrected chi connectivity index (χ4v) is 9.81. The summed E-state index contributed by atoms with van der Waals surface area (Å²) in [6, 6.07) is 64.2. The molecule has 0 saturated heterocycles. The maximum atomic E-state index is 6.56. The molecule has 1 unspecified atom stereocenters. The second kappa shape index (κ2) is 14.1. The molecular formula is C57H37N5O. The lowest BCUT2D eigenvalue weighted by molar-refractivity contribution is 0.668. The predicted octanol–water partition coefficient (Wildman–Crippen LogP) is 14.6. The topological polar surface area (TPSA) is 61.7 Å². The molecule has 12 aromatic rings. The minimum Gasteiger partial charge on any atom is -0.456 e. The van der Waals surface area contributed by atoms with Gasteiger partial charge in [-0.15, -0.1) is 0 Å². The molecule has 0 spiro atoms. The highest BCUT2D eigenvalue weighted by atomic mass is 16.3. The maximum Gasteiger partial charge on any atom is 0.164 e. The van der Waals surface area contributed by atoms with Crippen LogP contribution in [0.1, 0.15) is 17.9 Å². The summed E-state index contributed by atoms with van der Waals surface area (Å²) in [5.41, 5.74) is 12.4. The average molecular weight is 808 g/mol. The molecule has 0 amide bonds. The number of nitrogens with zero attached hydrogens (tertiary/aromatic N) is 5. The van der Waals surface area contributed by atoms with E-state index in [1.54, 1.807) is 0 Å². The minimum atomic E-state index is 0.305. The van der Waals surface area contributed by atoms with E-state index in [-0.39, 0.29) is 0 Å². The Morgan fingerprint density at radius 2 is 1.00 bits per heavy atom. The van der Waals surface area contributed by atoms with Crippen molar-refractivity contribution in [2.75, 3.05) is 0 Å². The number of hydrogen-bond acceptors (Lipinski definition) is 4. The van der Waals surface area contributed by atoms with Crippen LogP contribution in [-0.4, -0.2) is 24.1 Å². The van der Waals surface area contributed by atoms with Crippen molar-refractivity contribution in [2.24, 2.45) is 0 Å². The molecule has 63 heavy (non-hydrogen) atoms. The second-order valence-electron chi connectivity index (χ2n) is 16.3. The lowest BCUT2D eigenvalue weighted by Gasteiger charge is -2.14. The van der Waals surface area contributed by atoms with Gasteiger partial charge in [0.2, 0.25) is 0 Å². The van der Waals surface area contributed by atoms with Gasteiger partial charge >= 0.3 is 0 Å². The Balaban J connectivity index is 0.981. The van der Waals surface area contributed by atoms with Crippen LogP contribution in [0.2, 0.25) is 0 Å². The molecule has 0 fully saturated rings. The van der Waals surface area contributed by atoms with Gasteiger partial charge in [0.15, 0.2) is 17.5 Å². The van der Waals surface area contributed by atoms with Crippen LogP contribution in [0.4, 0.5) is 0 Å². The summed E-state index contributed by atoms with van der Waals surface area (Å²) in [5.74, 6) is 2.10. The maximum absolute atomic E-state index is 6.56. The summed E-state index contributed by atoms with van der Waals surface area (Å²) in [6.45, 7) is 0. The molecule has 8 aromatic carbocycles. The Morgan fingerprint density at radius 3 is 1.70 bits per heavy atom. The monoisotopic (exact) mass is 807 g/mol. The van der Waals surface area contributed by atoms with Crippen LogP contribution in [0.25, 0.3) is 111 Å². The SMILES string of the molecule is C1=CCC(c2cccc3oc4cc(-c5nc(-c6ccccc6)nc(-c6cccc(-n7c8ccccc8c8cc9c(cc87)c7ccccc7n9-c7ccccc7)c6)n5)ccc4c23)C=C1. The number of allylic oxidation sites excluding steroid dienone is 4. The van der Waals surface area contributed by atoms with Crippen LogP contribution in [-0.2, 0) is 0 Å². The predicted molar refractivity (Wildman–Crippen MR) is 258 cm³/mol. The normalized spacial score (nSPS) is 14.0. The van der Waals surface area contributed by atoms with Gasteiger partial charge in [-0.2, -0.15) is 0 Å². The van der Waals surface area contributed by atoms with E-state index in [1.165, 1.54) is 38.1 Å². The minimum absolute atomic E-state index is 0.305. The standard InChI is InChI=1S/C57H37N5O/c1-4-16-36(17-5-1)42-26-15-29-52-54(42)45-31-30-39(33-53(45)63-52)57-59-55(37-18-6-2-7-19-37)58-56(60-57)38-20-14-23-41(32-38)62-49-28-13-11-25-44(49)47-34-50-46(35-51(47)62)43-24-10-12-27-48(43)61(50)40-21-8-3-9-22-40/h1-16,18-36H,17H2. The van der Waals surface area contributed by atoms with Crippen molar-refractivity contribution in [1.29, 1.82) is 0 Å². The lowest BCUT2D eigenvalue weighted by atomic mass is 9.89. The first kappa shape index (κ1) is 35.4. The average Bonchev–Trinajstić information content (AvgIpc) is 4.01. The number of benzene rings is 8. The number of furan rings is 1. The summed E-state index contributed by atoms with van der Waals surface area (Å²) in [6.07, 6.45) is 9.74. The molecule has 0 saturated carbocycles. The summed E-state index contributed by atoms with van der Waals surface area (Å²) >= 11 is 0. The zero-order valence-corrected chi connectivity index (χ0v) is 34.1. The largest absolute Gasteiger partial charge is 0.456 e. The fourth-order valence-electron chi connectivity index (χ4n) is 9.81. The van der Waals surface area contributed by atoms with E-state index >= 15 is 0 Å². The van der Waals surface area contributed by atoms with Gasteiger partial charge < -0.3 is 13.6 Å². The zero-order valence-electron chi connectivity index (χ0n) is 34.1. The number of rotatable bonds is 6. The Bertz CT molecular complexity index is 3830. The molecule has 1 atom stereocenters. The van der Waals surface area contributed by atoms with Crippen molar-refractivity contribution in [1.82, 2.24) is 24.1 Å². The van der Waals surface area contributed by atoms with Crippen LogP contribution in [0.15, 0.2) is 211 Å². The molecule has 1 aliphatic carbocycles. The molecule has 13 rings (SSSR count). The first-order chi connectivity index (χ1) is 31.2. The number of fused-ring (bicyclic) bond motifs is 9. The third-order valence-electron chi connectivity index (χ3n) is 12.7. The molecule has 4 aromatic heterocycles. The smallest absolute Gasteiger partial charge is 0.164 e. The summed E-state index contributed by atoms with van der Waals surface area (Å²) in [4.78, 5) is 15.5. The van der Waals surface area contributed by atoms with Crippen molar-refractivity contribution in [3.05, 3.63) is 212 Å². The van der Waals surface area contributed by atoms with Gasteiger partial charge in [0.25, 0.3) is 0 Å². The Morgan fingerprint density at radius 1 is 0.413 bits per heavy atom. The van der Waals surface area contributed by atoms with E-state index in [0.29, 0.717) is 23.4 Å². The molecular weight excluding hydrogens is 771 g/mol. The van der Waals surface area contributed by atoms with E-state index in [2.05, 4.69) is 185 Å². The molecule has 0 N–H and O–H groups in total. The van der Waals surface area contributed by atoms with Crippen molar-refractivity contribution in [3.8, 4) is 45.5 Å². The van der Waals surface area contributed by atoms with E-state index in [1.807, 2.05) is 30.3 Å². The van der Waals surface area contributed by atoms with Gasteiger partial charge in [-0.1, -0.05) is 140 Å². The second-order valence-corrected chi connectivity index (χ2v) is 16.3. The molecule has 6 heteroatoms. The van der Waals surface area contributed by atoms with Crippen molar-refractivity contribution in [2.45, 2.75) is 12.3 Å². The van der Waals surface area contributed by atoms with Gasteiger partial charge in [0.05, 0.1) is 22.1 Å². The summed E-state index contributed by atoms with van der Waals surface area (Å²) in [7, 11) is 0. The van der Waals surface area contributed by atoms with Crippen LogP contribution in [0, 0.1) is 0 Å². The van der Waals surface area contributed by atoms with Gasteiger partial charge in [0, 0.05) is 66.3 Å². The molecule has 0 aliphatic heterocycles. The molecule has 4 heterocycles. The third kappa shape index (κ3) is 5.69. The highest BCUT2D eigenvalue weighted by molar-refractivity contribution is 6.19. The molecule has 6 nitrogen and oxygen atoms in total. The molecule has 1 aliphatic rings. The highest BCUT2D eigenvalue weighted by Gasteiger charge is 2.21. The molecule has 0 radical (unpaired) electrons. The Hall–Kier alpha value is -8.35. The van der Waals surface area contributed by atoms with E-state index < -0.39 is 0 Å². The van der Waals surface area contributed by atoms with Crippen LogP contribution in [0.3, 0.4) is 0 Å². The van der Waals surface area contributed by atoms with Crippen molar-refractivity contribution >= 4 is 65.6 Å². The van der Waals surface area contributed by atoms with Crippen LogP contribution >= 0.6 is 0 Å². The van der Waals surface area contributed by atoms with Crippen LogP contribution in [0.5, 0.6) is 0 Å².